The predicted octanol–water partition coefficient (Wildman–Crippen LogP) is 6.51. The van der Waals surface area contributed by atoms with Gasteiger partial charge in [0.25, 0.3) is 0 Å². The van der Waals surface area contributed by atoms with Crippen LogP contribution in [0.25, 0.3) is 0 Å². The third-order valence-electron chi connectivity index (χ3n) is 8.08. The first kappa shape index (κ1) is 25.0. The Hall–Kier alpha value is -1.64. The third kappa shape index (κ3) is 7.74. The van der Waals surface area contributed by atoms with E-state index in [0.717, 1.165) is 35.8 Å². The van der Waals surface area contributed by atoms with Gasteiger partial charge in [0.15, 0.2) is 0 Å². The number of hydrogen-bond donors (Lipinski definition) is 2. The molecule has 2 aliphatic rings. The van der Waals surface area contributed by atoms with Crippen molar-refractivity contribution in [2.24, 2.45) is 23.7 Å². The summed E-state index contributed by atoms with van der Waals surface area (Å²) in [4.78, 5) is 0. The van der Waals surface area contributed by atoms with Crippen LogP contribution in [0.2, 0.25) is 0 Å². The molecule has 32 heavy (non-hydrogen) atoms. The van der Waals surface area contributed by atoms with E-state index in [1.165, 1.54) is 62.5 Å². The molecule has 0 aliphatic heterocycles. The van der Waals surface area contributed by atoms with Gasteiger partial charge in [-0.25, -0.2) is 0 Å². The van der Waals surface area contributed by atoms with Crippen LogP contribution in [0.15, 0.2) is 60.7 Å². The van der Waals surface area contributed by atoms with Crippen LogP contribution < -0.4 is 10.6 Å². The summed E-state index contributed by atoms with van der Waals surface area (Å²) in [6.07, 6.45) is 10.7. The molecule has 2 aromatic carbocycles. The maximum Gasteiger partial charge on any atom is 0.00924 e. The first-order valence-electron chi connectivity index (χ1n) is 13.0. The van der Waals surface area contributed by atoms with Gasteiger partial charge in [-0.05, 0) is 100 Å². The minimum atomic E-state index is 0.725. The summed E-state index contributed by atoms with van der Waals surface area (Å²) < 4.78 is 0. The van der Waals surface area contributed by atoms with E-state index in [9.17, 15) is 0 Å². The van der Waals surface area contributed by atoms with Crippen molar-refractivity contribution in [3.8, 4) is 0 Å². The van der Waals surface area contributed by atoms with E-state index in [2.05, 4.69) is 99.2 Å². The van der Waals surface area contributed by atoms with E-state index >= 15 is 0 Å². The van der Waals surface area contributed by atoms with Gasteiger partial charge in [-0.1, -0.05) is 74.5 Å². The maximum absolute atomic E-state index is 3.47. The van der Waals surface area contributed by atoms with E-state index in [-0.39, 0.29) is 0 Å². The van der Waals surface area contributed by atoms with Gasteiger partial charge in [-0.3, -0.25) is 0 Å². The Labute approximate surface area is 197 Å². The number of hydrogen-bond acceptors (Lipinski definition) is 2. The highest BCUT2D eigenvalue weighted by atomic mass is 14.9. The predicted molar refractivity (Wildman–Crippen MR) is 139 cm³/mol. The van der Waals surface area contributed by atoms with Crippen molar-refractivity contribution in [2.75, 3.05) is 14.1 Å². The van der Waals surface area contributed by atoms with Gasteiger partial charge in [-0.15, -0.1) is 0 Å². The van der Waals surface area contributed by atoms with E-state index < -0.39 is 0 Å². The highest BCUT2D eigenvalue weighted by molar-refractivity contribution is 5.16. The Morgan fingerprint density at radius 1 is 0.594 bits per heavy atom. The largest absolute Gasteiger partial charge is 0.317 e. The van der Waals surface area contributed by atoms with Gasteiger partial charge in [0.2, 0.25) is 0 Å². The summed E-state index contributed by atoms with van der Waals surface area (Å²) in [7, 11) is 4.21. The Kier molecular flexibility index (Phi) is 10.3. The highest BCUT2D eigenvalue weighted by Gasteiger charge is 2.27. The first-order valence-corrected chi connectivity index (χ1v) is 13.0. The second kappa shape index (κ2) is 13.2. The third-order valence-corrected chi connectivity index (χ3v) is 8.08. The molecule has 0 amide bonds. The van der Waals surface area contributed by atoms with Crippen molar-refractivity contribution < 1.29 is 0 Å². The molecular weight excluding hydrogens is 388 g/mol. The topological polar surface area (TPSA) is 24.1 Å². The number of nitrogens with one attached hydrogen (secondary N) is 2. The molecule has 2 heteroatoms. The van der Waals surface area contributed by atoms with Crippen LogP contribution in [0.4, 0.5) is 0 Å². The average molecular weight is 435 g/mol. The lowest BCUT2D eigenvalue weighted by molar-refractivity contribution is 0.225. The zero-order valence-electron chi connectivity index (χ0n) is 20.9. The summed E-state index contributed by atoms with van der Waals surface area (Å²) in [5, 5.41) is 6.94. The fourth-order valence-electron chi connectivity index (χ4n) is 5.89. The fourth-order valence-corrected chi connectivity index (χ4v) is 5.89. The molecule has 2 fully saturated rings. The number of rotatable bonds is 6. The van der Waals surface area contributed by atoms with E-state index in [1.807, 2.05) is 0 Å². The molecule has 0 saturated heterocycles. The van der Waals surface area contributed by atoms with Crippen LogP contribution in [0.1, 0.15) is 63.5 Å². The van der Waals surface area contributed by atoms with Crippen molar-refractivity contribution in [2.45, 2.75) is 77.3 Å². The molecule has 2 saturated carbocycles. The van der Waals surface area contributed by atoms with E-state index in [1.54, 1.807) is 0 Å². The molecule has 6 atom stereocenters. The Balaban J connectivity index is 0.000000181. The van der Waals surface area contributed by atoms with Gasteiger partial charge in [-0.2, -0.15) is 0 Å². The second-order valence-corrected chi connectivity index (χ2v) is 10.5. The second-order valence-electron chi connectivity index (χ2n) is 10.5. The van der Waals surface area contributed by atoms with Crippen molar-refractivity contribution in [1.82, 2.24) is 10.6 Å². The summed E-state index contributed by atoms with van der Waals surface area (Å²) in [6, 6.07) is 23.3. The molecule has 2 aliphatic carbocycles. The molecule has 0 bridgehead atoms. The Morgan fingerprint density at radius 2 is 0.969 bits per heavy atom. The van der Waals surface area contributed by atoms with Gasteiger partial charge < -0.3 is 10.6 Å². The van der Waals surface area contributed by atoms with E-state index in [4.69, 9.17) is 0 Å². The zero-order chi connectivity index (χ0) is 22.8. The summed E-state index contributed by atoms with van der Waals surface area (Å²) in [6.45, 7) is 4.75. The monoisotopic (exact) mass is 434 g/mol. The molecular formula is C30H46N2. The normalized spacial score (nSPS) is 30.2. The van der Waals surface area contributed by atoms with Crippen LogP contribution in [-0.2, 0) is 12.8 Å². The zero-order valence-corrected chi connectivity index (χ0v) is 20.9. The Bertz CT molecular complexity index is 678. The van der Waals surface area contributed by atoms with Gasteiger partial charge in [0, 0.05) is 12.1 Å². The lowest BCUT2D eigenvalue weighted by Gasteiger charge is -2.34. The SMILES string of the molecule is CN[C@H]1CC(Cc2ccccc2)CC[C@H]1C.CN[C@H]1CC(Cc2ccccc2)CC[C@H]1C. The van der Waals surface area contributed by atoms with Crippen molar-refractivity contribution in [3.63, 3.8) is 0 Å². The summed E-state index contributed by atoms with van der Waals surface area (Å²) >= 11 is 0. The van der Waals surface area contributed by atoms with Crippen molar-refractivity contribution >= 4 is 0 Å². The minimum Gasteiger partial charge on any atom is -0.317 e. The minimum absolute atomic E-state index is 0.725. The quantitative estimate of drug-likeness (QED) is 0.542. The van der Waals surface area contributed by atoms with E-state index in [0.29, 0.717) is 0 Å². The molecule has 0 spiro atoms. The molecule has 4 rings (SSSR count). The molecule has 2 aromatic rings. The maximum atomic E-state index is 3.47. The van der Waals surface area contributed by atoms with Crippen molar-refractivity contribution in [3.05, 3.63) is 71.8 Å². The van der Waals surface area contributed by atoms with Gasteiger partial charge >= 0.3 is 0 Å². The first-order chi connectivity index (χ1) is 15.6. The smallest absolute Gasteiger partial charge is 0.00924 e. The lowest BCUT2D eigenvalue weighted by atomic mass is 9.77. The summed E-state index contributed by atoms with van der Waals surface area (Å²) in [5.74, 6) is 3.43. The molecule has 0 aromatic heterocycles. The van der Waals surface area contributed by atoms with Crippen LogP contribution in [-0.4, -0.2) is 26.2 Å². The van der Waals surface area contributed by atoms with Crippen LogP contribution in [0, 0.1) is 23.7 Å². The molecule has 0 radical (unpaired) electrons. The fraction of sp³-hybridized carbons (Fsp3) is 0.600. The highest BCUT2D eigenvalue weighted by Crippen LogP contribution is 2.32. The molecule has 176 valence electrons. The standard InChI is InChI=1S/2C15H23N/c2*1-12-8-9-14(11-15(12)16-2)10-13-6-4-3-5-7-13/h2*3-7,12,14-16H,8-11H2,1-2H3/t2*12-,14?,15+/m11/s1. The van der Waals surface area contributed by atoms with Crippen LogP contribution in [0.3, 0.4) is 0 Å². The molecule has 0 heterocycles. The van der Waals surface area contributed by atoms with Gasteiger partial charge in [0.05, 0.1) is 0 Å². The van der Waals surface area contributed by atoms with Gasteiger partial charge in [0.1, 0.15) is 0 Å². The van der Waals surface area contributed by atoms with Crippen LogP contribution in [0.5, 0.6) is 0 Å². The van der Waals surface area contributed by atoms with Crippen LogP contribution >= 0.6 is 0 Å². The Morgan fingerprint density at radius 3 is 1.31 bits per heavy atom. The molecule has 2 nitrogen and oxygen atoms in total. The molecule has 2 N–H and O–H groups in total. The molecule has 2 unspecified atom stereocenters. The van der Waals surface area contributed by atoms with Crippen molar-refractivity contribution in [1.29, 1.82) is 0 Å². The summed E-state index contributed by atoms with van der Waals surface area (Å²) in [5.41, 5.74) is 2.99. The number of benzene rings is 2. The average Bonchev–Trinajstić information content (AvgIpc) is 2.83. The lowest BCUT2D eigenvalue weighted by Crippen LogP contribution is -2.38.